The highest BCUT2D eigenvalue weighted by Crippen LogP contribution is 2.59. The number of Topliss-reactive ketones (excluding diaryl/α,β-unsaturated/α-hetero) is 1. The van der Waals surface area contributed by atoms with E-state index >= 15 is 0 Å². The fourth-order valence-corrected chi connectivity index (χ4v) is 6.97. The second-order valence-corrected chi connectivity index (χ2v) is 10.8. The van der Waals surface area contributed by atoms with Crippen molar-refractivity contribution in [3.63, 3.8) is 0 Å². The van der Waals surface area contributed by atoms with Gasteiger partial charge in [0.1, 0.15) is 11.3 Å². The molecule has 0 radical (unpaired) electrons. The molecule has 2 aliphatic carbocycles. The molecular formula is C29H35NO5. The Morgan fingerprint density at radius 1 is 1.17 bits per heavy atom. The van der Waals surface area contributed by atoms with Crippen LogP contribution >= 0.6 is 0 Å². The van der Waals surface area contributed by atoms with Crippen LogP contribution in [0.5, 0.6) is 0 Å². The Bertz CT molecular complexity index is 1130. The topological polar surface area (TPSA) is 104 Å². The number of fused-ring (bicyclic) bond motifs is 1. The van der Waals surface area contributed by atoms with Gasteiger partial charge in [0.2, 0.25) is 0 Å². The molecule has 1 unspecified atom stereocenters. The fraction of sp³-hybridized carbons (Fsp3) is 0.483. The second-order valence-electron chi connectivity index (χ2n) is 10.8. The van der Waals surface area contributed by atoms with Crippen LogP contribution in [0.2, 0.25) is 0 Å². The molecule has 1 amide bonds. The molecule has 1 aliphatic heterocycles. The number of ketones is 1. The van der Waals surface area contributed by atoms with E-state index in [0.29, 0.717) is 17.9 Å². The van der Waals surface area contributed by atoms with E-state index in [4.69, 9.17) is 0 Å². The predicted octanol–water partition coefficient (Wildman–Crippen LogP) is 4.77. The van der Waals surface area contributed by atoms with Crippen molar-refractivity contribution >= 4 is 17.7 Å². The van der Waals surface area contributed by atoms with Crippen LogP contribution in [-0.2, 0) is 20.8 Å². The number of carbonyl (C=O) groups is 3. The summed E-state index contributed by atoms with van der Waals surface area (Å²) in [5.74, 6) is -1.90. The summed E-state index contributed by atoms with van der Waals surface area (Å²) in [7, 11) is 0. The summed E-state index contributed by atoms with van der Waals surface area (Å²) in [5, 5.41) is 24.1. The van der Waals surface area contributed by atoms with E-state index in [1.54, 1.807) is 6.92 Å². The first kappa shape index (κ1) is 25.0. The van der Waals surface area contributed by atoms with E-state index in [1.807, 2.05) is 44.2 Å². The van der Waals surface area contributed by atoms with Crippen LogP contribution in [0.4, 0.5) is 0 Å². The van der Waals surface area contributed by atoms with Crippen LogP contribution in [0.25, 0.3) is 0 Å². The molecular weight excluding hydrogens is 442 g/mol. The maximum Gasteiger partial charge on any atom is 0.328 e. The summed E-state index contributed by atoms with van der Waals surface area (Å²) in [4.78, 5) is 38.1. The van der Waals surface area contributed by atoms with Crippen molar-refractivity contribution in [1.82, 2.24) is 5.32 Å². The van der Waals surface area contributed by atoms with Crippen molar-refractivity contribution in [2.24, 2.45) is 29.1 Å². The smallest absolute Gasteiger partial charge is 0.328 e. The normalized spacial score (nSPS) is 34.7. The van der Waals surface area contributed by atoms with Crippen molar-refractivity contribution in [2.45, 2.75) is 59.4 Å². The summed E-state index contributed by atoms with van der Waals surface area (Å²) in [6, 6.07) is 8.74. The minimum Gasteiger partial charge on any atom is -0.511 e. The van der Waals surface area contributed by atoms with Crippen molar-refractivity contribution in [2.75, 3.05) is 0 Å². The number of carboxylic acid groups (broad SMARTS) is 1. The summed E-state index contributed by atoms with van der Waals surface area (Å²) < 4.78 is 0. The van der Waals surface area contributed by atoms with E-state index in [0.717, 1.165) is 30.4 Å². The number of aliphatic carboxylic acids is 1. The first-order chi connectivity index (χ1) is 16.5. The number of rotatable bonds is 5. The number of aliphatic hydroxyl groups excluding tert-OH is 1. The van der Waals surface area contributed by atoms with Crippen LogP contribution in [0.3, 0.4) is 0 Å². The average molecular weight is 478 g/mol. The lowest BCUT2D eigenvalue weighted by atomic mass is 9.51. The van der Waals surface area contributed by atoms with Crippen molar-refractivity contribution in [1.29, 1.82) is 0 Å². The van der Waals surface area contributed by atoms with Gasteiger partial charge in [0, 0.05) is 23.8 Å². The van der Waals surface area contributed by atoms with Crippen LogP contribution in [-0.4, -0.2) is 33.9 Å². The molecule has 186 valence electrons. The maximum absolute atomic E-state index is 13.5. The fourth-order valence-electron chi connectivity index (χ4n) is 6.97. The minimum atomic E-state index is -1.05. The van der Waals surface area contributed by atoms with Crippen LogP contribution in [0, 0.1) is 29.1 Å². The Morgan fingerprint density at radius 3 is 2.51 bits per heavy atom. The quantitative estimate of drug-likeness (QED) is 0.245. The number of benzene rings is 1. The standard InChI is InChI=1S/C29H35NO5/c1-16-10-11-21-20(12-16)13-17(2)25(18(3)14-23(31)32)29(21,4)27(34)24-26(33)22(30-28(24)35)15-19-8-6-5-7-9-19/h5-9,13-14,16,20-22,25,34H,10-12,15H2,1-4H3,(H,30,35)(H,31,32)/t16-,20+,21-,22?,25+,29+/m0/s1. The molecule has 0 spiro atoms. The first-order valence-electron chi connectivity index (χ1n) is 12.5. The van der Waals surface area contributed by atoms with E-state index in [2.05, 4.69) is 18.3 Å². The van der Waals surface area contributed by atoms with Gasteiger partial charge in [-0.3, -0.25) is 9.59 Å². The van der Waals surface area contributed by atoms with Gasteiger partial charge in [-0.05, 0) is 50.0 Å². The summed E-state index contributed by atoms with van der Waals surface area (Å²) >= 11 is 0. The summed E-state index contributed by atoms with van der Waals surface area (Å²) in [6.45, 7) is 7.85. The van der Waals surface area contributed by atoms with Gasteiger partial charge in [-0.1, -0.05) is 67.8 Å². The van der Waals surface area contributed by atoms with Crippen molar-refractivity contribution in [3.05, 3.63) is 70.5 Å². The molecule has 1 aromatic carbocycles. The number of carboxylic acids is 1. The third-order valence-electron chi connectivity index (χ3n) is 8.40. The average Bonchev–Trinajstić information content (AvgIpc) is 3.05. The summed E-state index contributed by atoms with van der Waals surface area (Å²) in [5.41, 5.74) is 1.35. The first-order valence-corrected chi connectivity index (χ1v) is 12.5. The Morgan fingerprint density at radius 2 is 1.86 bits per heavy atom. The molecule has 35 heavy (non-hydrogen) atoms. The molecule has 2 fully saturated rings. The van der Waals surface area contributed by atoms with E-state index in [-0.39, 0.29) is 23.2 Å². The number of aliphatic hydroxyl groups is 1. The molecule has 6 nitrogen and oxygen atoms in total. The number of carbonyl (C=O) groups excluding carboxylic acids is 2. The number of nitrogens with one attached hydrogen (secondary N) is 1. The largest absolute Gasteiger partial charge is 0.511 e. The molecule has 0 aromatic heterocycles. The molecule has 1 saturated heterocycles. The predicted molar refractivity (Wildman–Crippen MR) is 133 cm³/mol. The third-order valence-corrected chi connectivity index (χ3v) is 8.40. The molecule has 4 rings (SSSR count). The molecule has 6 atom stereocenters. The Kier molecular flexibility index (Phi) is 6.76. The highest BCUT2D eigenvalue weighted by Gasteiger charge is 2.55. The Balaban J connectivity index is 1.81. The highest BCUT2D eigenvalue weighted by molar-refractivity contribution is 6.27. The second kappa shape index (κ2) is 9.48. The van der Waals surface area contributed by atoms with E-state index in [1.165, 1.54) is 6.08 Å². The van der Waals surface area contributed by atoms with Gasteiger partial charge in [-0.15, -0.1) is 0 Å². The van der Waals surface area contributed by atoms with E-state index in [9.17, 15) is 24.6 Å². The minimum absolute atomic E-state index is 0.00850. The maximum atomic E-state index is 13.5. The lowest BCUT2D eigenvalue weighted by Gasteiger charge is -2.53. The van der Waals surface area contributed by atoms with E-state index < -0.39 is 35.0 Å². The van der Waals surface area contributed by atoms with Gasteiger partial charge >= 0.3 is 5.97 Å². The molecule has 1 aromatic rings. The molecule has 3 aliphatic rings. The highest BCUT2D eigenvalue weighted by atomic mass is 16.4. The Hall–Kier alpha value is -3.15. The van der Waals surface area contributed by atoms with Crippen LogP contribution < -0.4 is 5.32 Å². The van der Waals surface area contributed by atoms with Crippen molar-refractivity contribution < 1.29 is 24.6 Å². The van der Waals surface area contributed by atoms with Crippen LogP contribution in [0.15, 0.2) is 65.0 Å². The monoisotopic (exact) mass is 477 g/mol. The Labute approximate surface area is 206 Å². The number of hydrogen-bond acceptors (Lipinski definition) is 4. The molecule has 1 saturated carbocycles. The number of amides is 1. The van der Waals surface area contributed by atoms with Gasteiger partial charge in [-0.2, -0.15) is 0 Å². The zero-order valence-corrected chi connectivity index (χ0v) is 20.9. The van der Waals surface area contributed by atoms with Gasteiger partial charge in [0.25, 0.3) is 5.91 Å². The zero-order valence-electron chi connectivity index (χ0n) is 20.9. The third kappa shape index (κ3) is 4.46. The molecule has 1 heterocycles. The molecule has 0 bridgehead atoms. The van der Waals surface area contributed by atoms with Crippen LogP contribution in [0.1, 0.15) is 52.5 Å². The van der Waals surface area contributed by atoms with Gasteiger partial charge < -0.3 is 15.5 Å². The van der Waals surface area contributed by atoms with Gasteiger partial charge in [0.05, 0.1) is 6.04 Å². The lowest BCUT2D eigenvalue weighted by molar-refractivity contribution is -0.131. The SMILES string of the molecule is CC(=CC(=O)O)[C@H]1C(C)=C[C@H]2C[C@@H](C)CC[C@@H]2[C@@]1(C)C(O)=C1C(=O)NC(Cc2ccccc2)C1=O. The summed E-state index contributed by atoms with van der Waals surface area (Å²) in [6.07, 6.45) is 6.53. The van der Waals surface area contributed by atoms with Crippen molar-refractivity contribution in [3.8, 4) is 0 Å². The zero-order chi connectivity index (χ0) is 25.5. The molecule has 6 heteroatoms. The van der Waals surface area contributed by atoms with Gasteiger partial charge in [-0.25, -0.2) is 4.79 Å². The molecule has 3 N–H and O–H groups in total. The number of hydrogen-bond donors (Lipinski definition) is 3. The lowest BCUT2D eigenvalue weighted by Crippen LogP contribution is -2.47. The van der Waals surface area contributed by atoms with Gasteiger partial charge in [0.15, 0.2) is 5.78 Å². The number of allylic oxidation sites excluding steroid dienone is 4.